The third-order valence-corrected chi connectivity index (χ3v) is 5.41. The van der Waals surface area contributed by atoms with Crippen LogP contribution in [-0.4, -0.2) is 46.0 Å². The smallest absolute Gasteiger partial charge is 0.213 e. The van der Waals surface area contributed by atoms with E-state index in [9.17, 15) is 16.8 Å². The molecule has 0 bridgehead atoms. The van der Waals surface area contributed by atoms with E-state index in [1.807, 2.05) is 0 Å². The van der Waals surface area contributed by atoms with Crippen LogP contribution in [0.15, 0.2) is 0 Å². The Bertz CT molecular complexity index is 424. The maximum absolute atomic E-state index is 11.5. The van der Waals surface area contributed by atoms with Crippen LogP contribution in [-0.2, 0) is 19.9 Å². The van der Waals surface area contributed by atoms with Gasteiger partial charge in [0.25, 0.3) is 0 Å². The molecule has 0 atom stereocenters. The summed E-state index contributed by atoms with van der Waals surface area (Å²) in [5.41, 5.74) is -0.516. The van der Waals surface area contributed by atoms with Crippen LogP contribution in [0.3, 0.4) is 0 Å². The number of rotatable bonds is 6. The Kier molecular flexibility index (Phi) is 3.70. The van der Waals surface area contributed by atoms with Crippen molar-refractivity contribution in [3.63, 3.8) is 0 Å². The van der Waals surface area contributed by atoms with Crippen LogP contribution in [0, 0.1) is 0 Å². The third-order valence-electron chi connectivity index (χ3n) is 2.20. The van der Waals surface area contributed by atoms with Gasteiger partial charge < -0.3 is 0 Å². The quantitative estimate of drug-likeness (QED) is 0.676. The summed E-state index contributed by atoms with van der Waals surface area (Å²) >= 11 is 5.61. The predicted octanol–water partition coefficient (Wildman–Crippen LogP) is -0.278. The van der Waals surface area contributed by atoms with Crippen molar-refractivity contribution in [1.82, 2.24) is 4.72 Å². The molecule has 1 aliphatic rings. The Morgan fingerprint density at radius 3 is 2.07 bits per heavy atom. The Labute approximate surface area is 95.2 Å². The highest BCUT2D eigenvalue weighted by Crippen LogP contribution is 2.37. The molecule has 0 unspecified atom stereocenters. The van der Waals surface area contributed by atoms with Crippen molar-refractivity contribution in [3.05, 3.63) is 0 Å². The Balaban J connectivity index is 2.54. The van der Waals surface area contributed by atoms with Crippen molar-refractivity contribution in [3.8, 4) is 0 Å². The molecule has 8 heteroatoms. The van der Waals surface area contributed by atoms with E-state index >= 15 is 0 Å². The van der Waals surface area contributed by atoms with E-state index in [-0.39, 0.29) is 11.6 Å². The highest BCUT2D eigenvalue weighted by Gasteiger charge is 2.44. The molecular weight excluding hydrogens is 262 g/mol. The van der Waals surface area contributed by atoms with Gasteiger partial charge in [-0.05, 0) is 12.8 Å². The second-order valence-electron chi connectivity index (χ2n) is 3.96. The van der Waals surface area contributed by atoms with Crippen LogP contribution in [0.1, 0.15) is 12.8 Å². The lowest BCUT2D eigenvalue weighted by molar-refractivity contribution is 0.559. The number of halogens is 1. The van der Waals surface area contributed by atoms with Gasteiger partial charge in [0, 0.05) is 17.7 Å². The maximum atomic E-state index is 11.5. The molecule has 0 aromatic carbocycles. The zero-order valence-electron chi connectivity index (χ0n) is 8.36. The first kappa shape index (κ1) is 13.2. The normalized spacial score (nSPS) is 20.1. The topological polar surface area (TPSA) is 80.3 Å². The first-order valence-corrected chi connectivity index (χ1v) is 8.68. The number of sulfonamides is 1. The lowest BCUT2D eigenvalue weighted by Gasteiger charge is -2.13. The molecule has 1 N–H and O–H groups in total. The molecule has 0 spiro atoms. The molecule has 0 saturated heterocycles. The molecule has 0 radical (unpaired) electrons. The summed E-state index contributed by atoms with van der Waals surface area (Å²) in [7, 11) is -6.79. The van der Waals surface area contributed by atoms with E-state index in [1.165, 1.54) is 0 Å². The Hall–Kier alpha value is 0.150. The number of hydrogen-bond acceptors (Lipinski definition) is 4. The van der Waals surface area contributed by atoms with Crippen molar-refractivity contribution in [2.45, 2.75) is 18.4 Å². The molecule has 90 valence electrons. The maximum Gasteiger partial charge on any atom is 0.213 e. The number of alkyl halides is 1. The summed E-state index contributed by atoms with van der Waals surface area (Å²) in [6.45, 7) is 0. The van der Waals surface area contributed by atoms with Gasteiger partial charge in [-0.2, -0.15) is 0 Å². The molecule has 1 saturated carbocycles. The average Bonchev–Trinajstić information content (AvgIpc) is 2.81. The predicted molar refractivity (Wildman–Crippen MR) is 59.3 cm³/mol. The van der Waals surface area contributed by atoms with Crippen molar-refractivity contribution < 1.29 is 16.8 Å². The van der Waals surface area contributed by atoms with Crippen LogP contribution in [0.4, 0.5) is 0 Å². The summed E-state index contributed by atoms with van der Waals surface area (Å²) in [6, 6.07) is 0. The molecule has 0 heterocycles. The van der Waals surface area contributed by atoms with Gasteiger partial charge in [-0.3, -0.25) is 0 Å². The highest BCUT2D eigenvalue weighted by atomic mass is 35.5. The lowest BCUT2D eigenvalue weighted by atomic mass is 10.4. The van der Waals surface area contributed by atoms with Crippen molar-refractivity contribution >= 4 is 31.5 Å². The number of hydrogen-bond donors (Lipinski definition) is 1. The summed E-state index contributed by atoms with van der Waals surface area (Å²) in [4.78, 5) is 0. The van der Waals surface area contributed by atoms with Crippen molar-refractivity contribution in [1.29, 1.82) is 0 Å². The molecule has 5 nitrogen and oxygen atoms in total. The second-order valence-corrected chi connectivity index (χ2v) is 8.33. The molecule has 0 aliphatic heterocycles. The van der Waals surface area contributed by atoms with Gasteiger partial charge in [0.2, 0.25) is 10.0 Å². The van der Waals surface area contributed by atoms with Crippen molar-refractivity contribution in [2.24, 2.45) is 0 Å². The Morgan fingerprint density at radius 1 is 1.20 bits per heavy atom. The molecule has 0 aromatic rings. The average molecular weight is 276 g/mol. The first-order chi connectivity index (χ1) is 6.68. The van der Waals surface area contributed by atoms with Crippen LogP contribution in [0.25, 0.3) is 0 Å². The van der Waals surface area contributed by atoms with E-state index in [0.29, 0.717) is 12.8 Å². The monoisotopic (exact) mass is 275 g/mol. The molecule has 1 rings (SSSR count). The van der Waals surface area contributed by atoms with E-state index in [4.69, 9.17) is 11.6 Å². The first-order valence-electron chi connectivity index (χ1n) is 4.43. The standard InChI is InChI=1S/C7H14ClNO4S2/c1-14(10,11)4-5-15(12,13)9-7(6-8)2-3-7/h9H,2-6H2,1H3. The SMILES string of the molecule is CS(=O)(=O)CCS(=O)(=O)NC1(CCl)CC1. The summed E-state index contributed by atoms with van der Waals surface area (Å²) in [6.07, 6.45) is 2.44. The van der Waals surface area contributed by atoms with Crippen LogP contribution < -0.4 is 4.72 Å². The minimum absolute atomic E-state index is 0.227. The number of sulfone groups is 1. The molecule has 1 aliphatic carbocycles. The fourth-order valence-corrected chi connectivity index (χ4v) is 4.60. The van der Waals surface area contributed by atoms with E-state index < -0.39 is 31.2 Å². The zero-order chi connectivity index (χ0) is 11.7. The molecule has 15 heavy (non-hydrogen) atoms. The molecule has 0 amide bonds. The van der Waals surface area contributed by atoms with Gasteiger partial charge in [0.1, 0.15) is 9.84 Å². The van der Waals surface area contributed by atoms with Crippen LogP contribution in [0.2, 0.25) is 0 Å². The fourth-order valence-electron chi connectivity index (χ4n) is 1.06. The summed E-state index contributed by atoms with van der Waals surface area (Å²) in [5.74, 6) is -0.531. The van der Waals surface area contributed by atoms with Gasteiger partial charge in [-0.1, -0.05) is 0 Å². The van der Waals surface area contributed by atoms with Gasteiger partial charge in [-0.25, -0.2) is 21.6 Å². The third kappa shape index (κ3) is 4.67. The number of nitrogens with one attached hydrogen (secondary N) is 1. The fraction of sp³-hybridized carbons (Fsp3) is 1.00. The second kappa shape index (κ2) is 4.20. The summed E-state index contributed by atoms with van der Waals surface area (Å²) < 4.78 is 47.0. The van der Waals surface area contributed by atoms with Crippen molar-refractivity contribution in [2.75, 3.05) is 23.6 Å². The van der Waals surface area contributed by atoms with Gasteiger partial charge in [0.05, 0.1) is 11.5 Å². The molecule has 0 aromatic heterocycles. The zero-order valence-corrected chi connectivity index (χ0v) is 10.8. The molecule has 1 fully saturated rings. The Morgan fingerprint density at radius 2 is 1.73 bits per heavy atom. The minimum Gasteiger partial charge on any atom is -0.229 e. The summed E-state index contributed by atoms with van der Waals surface area (Å²) in [5, 5.41) is 0. The molecular formula is C7H14ClNO4S2. The van der Waals surface area contributed by atoms with Gasteiger partial charge in [-0.15, -0.1) is 11.6 Å². The van der Waals surface area contributed by atoms with Gasteiger partial charge in [0.15, 0.2) is 0 Å². The minimum atomic E-state index is -3.54. The van der Waals surface area contributed by atoms with Crippen LogP contribution in [0.5, 0.6) is 0 Å². The van der Waals surface area contributed by atoms with Crippen LogP contribution >= 0.6 is 11.6 Å². The van der Waals surface area contributed by atoms with E-state index in [0.717, 1.165) is 6.26 Å². The lowest BCUT2D eigenvalue weighted by Crippen LogP contribution is -2.40. The van der Waals surface area contributed by atoms with Gasteiger partial charge >= 0.3 is 0 Å². The highest BCUT2D eigenvalue weighted by molar-refractivity contribution is 7.93. The largest absolute Gasteiger partial charge is 0.229 e. The van der Waals surface area contributed by atoms with E-state index in [2.05, 4.69) is 4.72 Å². The van der Waals surface area contributed by atoms with E-state index in [1.54, 1.807) is 0 Å².